The third-order valence-corrected chi connectivity index (χ3v) is 1.00. The number of rotatable bonds is 0. The van der Waals surface area contributed by atoms with Crippen molar-refractivity contribution in [2.45, 2.75) is 0 Å². The highest BCUT2D eigenvalue weighted by Crippen LogP contribution is 2.13. The fraction of sp³-hybridized carbons (Fsp3) is 0. The minimum absolute atomic E-state index is 0.0602. The molecule has 0 saturated heterocycles. The van der Waals surface area contributed by atoms with E-state index in [1.165, 1.54) is 0 Å². The van der Waals surface area contributed by atoms with Gasteiger partial charge in [-0.05, 0) is 6.07 Å². The molecule has 10 heavy (non-hydrogen) atoms. The molecular formula is C7H3FNO. The van der Waals surface area contributed by atoms with Crippen molar-refractivity contribution >= 4 is 0 Å². The first-order valence-electron chi connectivity index (χ1n) is 2.60. The lowest BCUT2D eigenvalue weighted by molar-refractivity contribution is 0.352. The standard InChI is InChI=1S/C7H3FNO/c8-6-1-5(4-9)2-7(10)3-6/h1-3H. The second kappa shape index (κ2) is 2.36. The molecule has 0 unspecified atom stereocenters. The topological polar surface area (TPSA) is 43.7 Å². The fourth-order valence-electron chi connectivity index (χ4n) is 0.627. The van der Waals surface area contributed by atoms with Gasteiger partial charge in [-0.15, -0.1) is 0 Å². The van der Waals surface area contributed by atoms with Crippen LogP contribution in [0.4, 0.5) is 4.39 Å². The van der Waals surface area contributed by atoms with E-state index in [9.17, 15) is 9.50 Å². The maximum atomic E-state index is 12.3. The summed E-state index contributed by atoms with van der Waals surface area (Å²) in [6.45, 7) is 0. The van der Waals surface area contributed by atoms with Crippen molar-refractivity contribution < 1.29 is 9.50 Å². The Labute approximate surface area is 57.1 Å². The highest BCUT2D eigenvalue weighted by molar-refractivity contribution is 5.35. The summed E-state index contributed by atoms with van der Waals surface area (Å²) in [7, 11) is 0. The van der Waals surface area contributed by atoms with E-state index in [1.54, 1.807) is 6.07 Å². The van der Waals surface area contributed by atoms with Crippen LogP contribution in [0.2, 0.25) is 0 Å². The fourth-order valence-corrected chi connectivity index (χ4v) is 0.627. The van der Waals surface area contributed by atoms with Crippen LogP contribution < -0.4 is 0 Å². The summed E-state index contributed by atoms with van der Waals surface area (Å²) >= 11 is 0. The van der Waals surface area contributed by atoms with E-state index < -0.39 is 11.6 Å². The highest BCUT2D eigenvalue weighted by atomic mass is 19.1. The molecule has 0 aliphatic rings. The Morgan fingerprint density at radius 3 is 2.60 bits per heavy atom. The van der Waals surface area contributed by atoms with Gasteiger partial charge in [0, 0.05) is 12.1 Å². The molecule has 1 aromatic rings. The number of hydrogen-bond donors (Lipinski definition) is 0. The minimum Gasteiger partial charge on any atom is -0.290 e. The zero-order valence-electron chi connectivity index (χ0n) is 4.97. The molecule has 0 fully saturated rings. The van der Waals surface area contributed by atoms with Crippen LogP contribution in [-0.2, 0) is 5.11 Å². The Kier molecular flexibility index (Phi) is 1.55. The van der Waals surface area contributed by atoms with Gasteiger partial charge in [0.15, 0.2) is 5.75 Å². The quantitative estimate of drug-likeness (QED) is 0.536. The molecule has 1 radical (unpaired) electrons. The molecule has 0 saturated carbocycles. The second-order valence-electron chi connectivity index (χ2n) is 1.79. The average Bonchev–Trinajstić information content (AvgIpc) is 1.85. The first kappa shape index (κ1) is 6.56. The Balaban J connectivity index is 3.22. The number of hydrogen-bond acceptors (Lipinski definition) is 1. The summed E-state index contributed by atoms with van der Waals surface area (Å²) in [5.41, 5.74) is 0.0602. The number of nitrogens with zero attached hydrogens (tertiary/aromatic N) is 1. The molecule has 0 atom stereocenters. The van der Waals surface area contributed by atoms with Crippen molar-refractivity contribution in [3.05, 3.63) is 29.6 Å². The van der Waals surface area contributed by atoms with Crippen LogP contribution >= 0.6 is 0 Å². The van der Waals surface area contributed by atoms with E-state index >= 15 is 0 Å². The maximum Gasteiger partial charge on any atom is 0.182 e. The van der Waals surface area contributed by atoms with Gasteiger partial charge in [0.05, 0.1) is 11.6 Å². The van der Waals surface area contributed by atoms with Crippen molar-refractivity contribution in [1.82, 2.24) is 0 Å². The Bertz CT molecular complexity index is 270. The molecule has 1 rings (SSSR count). The molecule has 3 heteroatoms. The average molecular weight is 136 g/mol. The Hall–Kier alpha value is -1.56. The lowest BCUT2D eigenvalue weighted by Crippen LogP contribution is -1.76. The first-order chi connectivity index (χ1) is 4.72. The molecule has 0 aliphatic heterocycles. The van der Waals surface area contributed by atoms with Crippen LogP contribution in [0.5, 0.6) is 5.75 Å². The van der Waals surface area contributed by atoms with Crippen molar-refractivity contribution in [3.8, 4) is 11.8 Å². The maximum absolute atomic E-state index is 12.3. The second-order valence-corrected chi connectivity index (χ2v) is 1.79. The Morgan fingerprint density at radius 1 is 1.40 bits per heavy atom. The van der Waals surface area contributed by atoms with Gasteiger partial charge in [-0.25, -0.2) is 4.39 Å². The van der Waals surface area contributed by atoms with Gasteiger partial charge in [0.25, 0.3) is 0 Å². The summed E-state index contributed by atoms with van der Waals surface area (Å²) in [5.74, 6) is -1.14. The molecule has 0 N–H and O–H groups in total. The molecule has 0 amide bonds. The summed E-state index contributed by atoms with van der Waals surface area (Å²) in [6, 6.07) is 4.60. The summed E-state index contributed by atoms with van der Waals surface area (Å²) in [4.78, 5) is 0. The predicted octanol–water partition coefficient (Wildman–Crippen LogP) is 1.84. The zero-order chi connectivity index (χ0) is 7.56. The molecule has 2 nitrogen and oxygen atoms in total. The van der Waals surface area contributed by atoms with Gasteiger partial charge in [-0.2, -0.15) is 5.26 Å². The van der Waals surface area contributed by atoms with E-state index in [4.69, 9.17) is 5.26 Å². The molecule has 0 heterocycles. The van der Waals surface area contributed by atoms with Crippen molar-refractivity contribution in [3.63, 3.8) is 0 Å². The third-order valence-electron chi connectivity index (χ3n) is 1.00. The van der Waals surface area contributed by atoms with Crippen LogP contribution in [-0.4, -0.2) is 0 Å². The summed E-state index contributed by atoms with van der Waals surface area (Å²) in [6.07, 6.45) is 0. The van der Waals surface area contributed by atoms with Gasteiger partial charge >= 0.3 is 0 Å². The molecule has 49 valence electrons. The minimum atomic E-state index is -0.663. The molecule has 1 aromatic carbocycles. The van der Waals surface area contributed by atoms with Crippen molar-refractivity contribution in [1.29, 1.82) is 5.26 Å². The van der Waals surface area contributed by atoms with Gasteiger partial charge in [-0.3, -0.25) is 5.11 Å². The smallest absolute Gasteiger partial charge is 0.182 e. The van der Waals surface area contributed by atoms with Crippen LogP contribution in [0.15, 0.2) is 18.2 Å². The van der Waals surface area contributed by atoms with Crippen molar-refractivity contribution in [2.75, 3.05) is 0 Å². The van der Waals surface area contributed by atoms with Crippen LogP contribution in [0.3, 0.4) is 0 Å². The third kappa shape index (κ3) is 1.23. The van der Waals surface area contributed by atoms with E-state index in [-0.39, 0.29) is 5.56 Å². The largest absolute Gasteiger partial charge is 0.290 e. The van der Waals surface area contributed by atoms with Gasteiger partial charge in [-0.1, -0.05) is 0 Å². The van der Waals surface area contributed by atoms with Gasteiger partial charge in [0.1, 0.15) is 5.82 Å². The number of nitriles is 1. The van der Waals surface area contributed by atoms with Crippen LogP contribution in [0, 0.1) is 17.1 Å². The molecule has 0 spiro atoms. The normalized spacial score (nSPS) is 8.80. The van der Waals surface area contributed by atoms with Crippen molar-refractivity contribution in [2.24, 2.45) is 0 Å². The van der Waals surface area contributed by atoms with Gasteiger partial charge in [0.2, 0.25) is 0 Å². The summed E-state index contributed by atoms with van der Waals surface area (Å²) < 4.78 is 12.3. The van der Waals surface area contributed by atoms with Crippen LogP contribution in [0.1, 0.15) is 5.56 Å². The Morgan fingerprint density at radius 2 is 2.10 bits per heavy atom. The molecule has 0 bridgehead atoms. The number of benzene rings is 1. The number of halogens is 1. The molecule has 0 aliphatic carbocycles. The lowest BCUT2D eigenvalue weighted by atomic mass is 10.2. The van der Waals surface area contributed by atoms with E-state index in [0.29, 0.717) is 0 Å². The van der Waals surface area contributed by atoms with Crippen LogP contribution in [0.25, 0.3) is 0 Å². The predicted molar refractivity (Wildman–Crippen MR) is 31.2 cm³/mol. The zero-order valence-corrected chi connectivity index (χ0v) is 4.97. The molecule has 0 aromatic heterocycles. The monoisotopic (exact) mass is 136 g/mol. The van der Waals surface area contributed by atoms with E-state index in [1.807, 2.05) is 0 Å². The van der Waals surface area contributed by atoms with Gasteiger partial charge < -0.3 is 0 Å². The first-order valence-corrected chi connectivity index (χ1v) is 2.60. The highest BCUT2D eigenvalue weighted by Gasteiger charge is 1.98. The van der Waals surface area contributed by atoms with E-state index in [2.05, 4.69) is 0 Å². The summed E-state index contributed by atoms with van der Waals surface area (Å²) in [5, 5.41) is 18.7. The van der Waals surface area contributed by atoms with E-state index in [0.717, 1.165) is 18.2 Å². The SMILES string of the molecule is N#Cc1cc([O])cc(F)c1. The lowest BCUT2D eigenvalue weighted by Gasteiger charge is -1.88. The molecular weight excluding hydrogens is 133 g/mol.